The summed E-state index contributed by atoms with van der Waals surface area (Å²) in [5.74, 6) is 1.58. The van der Waals surface area contributed by atoms with E-state index in [9.17, 15) is 0 Å². The summed E-state index contributed by atoms with van der Waals surface area (Å²) >= 11 is 0. The fourth-order valence-corrected chi connectivity index (χ4v) is 1.00. The fraction of sp³-hybridized carbons (Fsp3) is 0.500. The van der Waals surface area contributed by atoms with Crippen molar-refractivity contribution in [3.8, 4) is 0 Å². The largest absolute Gasteiger partial charge is 0.363 e. The molecular formula is C10H16N2. The number of pyridine rings is 1. The molecule has 1 heterocycles. The van der Waals surface area contributed by atoms with E-state index in [4.69, 9.17) is 0 Å². The van der Waals surface area contributed by atoms with Crippen LogP contribution in [-0.4, -0.2) is 19.1 Å². The normalized spacial score (nSPS) is 10.4. The smallest absolute Gasteiger partial charge is 0.127 e. The number of rotatable bonds is 2. The fourth-order valence-electron chi connectivity index (χ4n) is 1.00. The van der Waals surface area contributed by atoms with Crippen LogP contribution in [0.3, 0.4) is 0 Å². The SMILES string of the molecule is CC(C)c1ccc(N(C)C)nc1. The minimum Gasteiger partial charge on any atom is -0.363 e. The second kappa shape index (κ2) is 3.57. The maximum absolute atomic E-state index is 4.33. The third-order valence-corrected chi connectivity index (χ3v) is 1.90. The lowest BCUT2D eigenvalue weighted by molar-refractivity contribution is 0.856. The van der Waals surface area contributed by atoms with E-state index in [0.29, 0.717) is 5.92 Å². The van der Waals surface area contributed by atoms with E-state index in [-0.39, 0.29) is 0 Å². The molecule has 1 rings (SSSR count). The van der Waals surface area contributed by atoms with Gasteiger partial charge in [0, 0.05) is 20.3 Å². The minimum atomic E-state index is 0.564. The number of hydrogen-bond acceptors (Lipinski definition) is 2. The van der Waals surface area contributed by atoms with Crippen molar-refractivity contribution in [3.05, 3.63) is 23.9 Å². The Bertz CT molecular complexity index is 210. The molecule has 0 N–H and O–H groups in total. The highest BCUT2D eigenvalue weighted by Gasteiger charge is 2.00. The minimum absolute atomic E-state index is 0.564. The van der Waals surface area contributed by atoms with Gasteiger partial charge in [-0.05, 0) is 17.5 Å². The van der Waals surface area contributed by atoms with Crippen molar-refractivity contribution >= 4 is 5.82 Å². The summed E-state index contributed by atoms with van der Waals surface area (Å²) in [6, 6.07) is 4.18. The van der Waals surface area contributed by atoms with Gasteiger partial charge in [-0.1, -0.05) is 19.9 Å². The Labute approximate surface area is 74.2 Å². The van der Waals surface area contributed by atoms with Crippen LogP contribution in [0.4, 0.5) is 5.82 Å². The standard InChI is InChI=1S/C10H16N2/c1-8(2)9-5-6-10(11-7-9)12(3)4/h5-8H,1-4H3. The van der Waals surface area contributed by atoms with Gasteiger partial charge in [-0.15, -0.1) is 0 Å². The van der Waals surface area contributed by atoms with Gasteiger partial charge < -0.3 is 4.90 Å². The van der Waals surface area contributed by atoms with Gasteiger partial charge >= 0.3 is 0 Å². The highest BCUT2D eigenvalue weighted by molar-refractivity contribution is 5.37. The maximum Gasteiger partial charge on any atom is 0.127 e. The lowest BCUT2D eigenvalue weighted by atomic mass is 10.1. The molecule has 0 amide bonds. The molecule has 0 aliphatic carbocycles. The van der Waals surface area contributed by atoms with Gasteiger partial charge in [0.1, 0.15) is 5.82 Å². The molecule has 2 heteroatoms. The first-order valence-corrected chi connectivity index (χ1v) is 4.24. The molecule has 66 valence electrons. The van der Waals surface area contributed by atoms with E-state index < -0.39 is 0 Å². The van der Waals surface area contributed by atoms with E-state index in [1.54, 1.807) is 0 Å². The van der Waals surface area contributed by atoms with Gasteiger partial charge in [-0.25, -0.2) is 4.98 Å². The number of aromatic nitrogens is 1. The summed E-state index contributed by atoms with van der Waals surface area (Å²) in [5, 5.41) is 0. The Morgan fingerprint density at radius 1 is 1.25 bits per heavy atom. The summed E-state index contributed by atoms with van der Waals surface area (Å²) in [7, 11) is 3.99. The molecule has 0 aliphatic rings. The van der Waals surface area contributed by atoms with E-state index >= 15 is 0 Å². The molecule has 0 aromatic carbocycles. The zero-order valence-electron chi connectivity index (χ0n) is 8.20. The molecule has 0 atom stereocenters. The third kappa shape index (κ3) is 1.97. The monoisotopic (exact) mass is 164 g/mol. The van der Waals surface area contributed by atoms with Crippen LogP contribution in [0, 0.1) is 0 Å². The Kier molecular flexibility index (Phi) is 2.69. The van der Waals surface area contributed by atoms with E-state index in [1.807, 2.05) is 25.2 Å². The van der Waals surface area contributed by atoms with Gasteiger partial charge in [-0.2, -0.15) is 0 Å². The third-order valence-electron chi connectivity index (χ3n) is 1.90. The molecule has 0 saturated heterocycles. The molecule has 0 spiro atoms. The summed E-state index contributed by atoms with van der Waals surface area (Å²) in [6.45, 7) is 4.35. The summed E-state index contributed by atoms with van der Waals surface area (Å²) in [5.41, 5.74) is 1.29. The molecule has 2 nitrogen and oxygen atoms in total. The topological polar surface area (TPSA) is 16.1 Å². The van der Waals surface area contributed by atoms with Gasteiger partial charge in [0.25, 0.3) is 0 Å². The van der Waals surface area contributed by atoms with Gasteiger partial charge in [0.2, 0.25) is 0 Å². The van der Waals surface area contributed by atoms with Gasteiger partial charge in [0.15, 0.2) is 0 Å². The highest BCUT2D eigenvalue weighted by Crippen LogP contribution is 2.15. The van der Waals surface area contributed by atoms with Crippen LogP contribution in [0.2, 0.25) is 0 Å². The predicted molar refractivity (Wildman–Crippen MR) is 52.7 cm³/mol. The average Bonchev–Trinajstić information content (AvgIpc) is 2.04. The molecule has 0 unspecified atom stereocenters. The van der Waals surface area contributed by atoms with E-state index in [0.717, 1.165) is 5.82 Å². The summed E-state index contributed by atoms with van der Waals surface area (Å²) < 4.78 is 0. The molecule has 12 heavy (non-hydrogen) atoms. The highest BCUT2D eigenvalue weighted by atomic mass is 15.1. The van der Waals surface area contributed by atoms with Gasteiger partial charge in [0.05, 0.1) is 0 Å². The van der Waals surface area contributed by atoms with E-state index in [2.05, 4.69) is 31.0 Å². The first-order valence-electron chi connectivity index (χ1n) is 4.24. The first kappa shape index (κ1) is 9.04. The molecule has 0 fully saturated rings. The summed E-state index contributed by atoms with van der Waals surface area (Å²) in [4.78, 5) is 6.33. The van der Waals surface area contributed by atoms with Crippen molar-refractivity contribution in [2.45, 2.75) is 19.8 Å². The van der Waals surface area contributed by atoms with Crippen molar-refractivity contribution in [1.82, 2.24) is 4.98 Å². The van der Waals surface area contributed by atoms with Crippen molar-refractivity contribution < 1.29 is 0 Å². The maximum atomic E-state index is 4.33. The van der Waals surface area contributed by atoms with Crippen LogP contribution < -0.4 is 4.90 Å². The quantitative estimate of drug-likeness (QED) is 0.666. The molecule has 0 bridgehead atoms. The first-order chi connectivity index (χ1) is 5.61. The molecule has 1 aromatic rings. The average molecular weight is 164 g/mol. The Morgan fingerprint density at radius 3 is 2.25 bits per heavy atom. The Hall–Kier alpha value is -1.05. The van der Waals surface area contributed by atoms with Crippen LogP contribution >= 0.6 is 0 Å². The lowest BCUT2D eigenvalue weighted by Crippen LogP contribution is -2.10. The second-order valence-corrected chi connectivity index (χ2v) is 3.50. The number of nitrogens with zero attached hydrogens (tertiary/aromatic N) is 2. The zero-order chi connectivity index (χ0) is 9.14. The molecule has 0 saturated carbocycles. The van der Waals surface area contributed by atoms with Crippen LogP contribution in [0.5, 0.6) is 0 Å². The lowest BCUT2D eigenvalue weighted by Gasteiger charge is -2.12. The van der Waals surface area contributed by atoms with Crippen molar-refractivity contribution in [1.29, 1.82) is 0 Å². The van der Waals surface area contributed by atoms with Crippen molar-refractivity contribution in [2.24, 2.45) is 0 Å². The molecular weight excluding hydrogens is 148 g/mol. The van der Waals surface area contributed by atoms with Crippen LogP contribution in [-0.2, 0) is 0 Å². The number of hydrogen-bond donors (Lipinski definition) is 0. The molecule has 1 aromatic heterocycles. The Morgan fingerprint density at radius 2 is 1.92 bits per heavy atom. The Balaban J connectivity index is 2.86. The van der Waals surface area contributed by atoms with Crippen LogP contribution in [0.1, 0.15) is 25.3 Å². The molecule has 0 aliphatic heterocycles. The van der Waals surface area contributed by atoms with Crippen LogP contribution in [0.25, 0.3) is 0 Å². The second-order valence-electron chi connectivity index (χ2n) is 3.50. The van der Waals surface area contributed by atoms with Crippen molar-refractivity contribution in [2.75, 3.05) is 19.0 Å². The van der Waals surface area contributed by atoms with Gasteiger partial charge in [-0.3, -0.25) is 0 Å². The van der Waals surface area contributed by atoms with E-state index in [1.165, 1.54) is 5.56 Å². The predicted octanol–water partition coefficient (Wildman–Crippen LogP) is 2.27. The molecule has 0 radical (unpaired) electrons. The van der Waals surface area contributed by atoms with Crippen LogP contribution in [0.15, 0.2) is 18.3 Å². The zero-order valence-corrected chi connectivity index (χ0v) is 8.20. The van der Waals surface area contributed by atoms with Crippen molar-refractivity contribution in [3.63, 3.8) is 0 Å². The number of anilines is 1. The summed E-state index contributed by atoms with van der Waals surface area (Å²) in [6.07, 6.45) is 1.94.